The molecule has 0 aromatic heterocycles. The number of aliphatic hydroxyl groups is 1. The summed E-state index contributed by atoms with van der Waals surface area (Å²) in [5, 5.41) is 13.0. The number of rotatable bonds is 9. The molecule has 0 bridgehead atoms. The van der Waals surface area contributed by atoms with E-state index in [2.05, 4.69) is 12.2 Å². The van der Waals surface area contributed by atoms with Crippen LogP contribution in [0.5, 0.6) is 0 Å². The highest BCUT2D eigenvalue weighted by molar-refractivity contribution is 5.85. The molecule has 0 aliphatic heterocycles. The molecule has 1 saturated carbocycles. The van der Waals surface area contributed by atoms with Gasteiger partial charge in [-0.15, -0.1) is 0 Å². The lowest BCUT2D eigenvalue weighted by molar-refractivity contribution is -0.200. The fourth-order valence-corrected chi connectivity index (χ4v) is 2.70. The number of hydrogen-bond donors (Lipinski definition) is 2. The lowest BCUT2D eigenvalue weighted by Gasteiger charge is -2.30. The van der Waals surface area contributed by atoms with Gasteiger partial charge in [-0.2, -0.15) is 0 Å². The Balaban J connectivity index is 2.56. The smallest absolute Gasteiger partial charge is 0.326 e. The van der Waals surface area contributed by atoms with Crippen molar-refractivity contribution in [1.29, 1.82) is 0 Å². The van der Waals surface area contributed by atoms with E-state index in [-0.39, 0.29) is 11.9 Å². The first-order valence-electron chi connectivity index (χ1n) is 7.53. The third-order valence-corrected chi connectivity index (χ3v) is 4.09. The number of nitrogens with one attached hydrogen (secondary N) is 1. The lowest BCUT2D eigenvalue weighted by Crippen LogP contribution is -2.51. The number of carbonyl (C=O) groups excluding carboxylic acids is 1. The van der Waals surface area contributed by atoms with E-state index in [1.165, 1.54) is 7.11 Å². The maximum Gasteiger partial charge on any atom is 0.326 e. The molecule has 5 nitrogen and oxygen atoms in total. The Morgan fingerprint density at radius 3 is 2.60 bits per heavy atom. The second kappa shape index (κ2) is 6.87. The molecule has 1 aliphatic carbocycles. The van der Waals surface area contributed by atoms with Gasteiger partial charge in [0.25, 0.3) is 0 Å². The molecule has 3 atom stereocenters. The van der Waals surface area contributed by atoms with Crippen LogP contribution in [0.2, 0.25) is 0 Å². The Labute approximate surface area is 122 Å². The van der Waals surface area contributed by atoms with E-state index in [0.29, 0.717) is 6.42 Å². The van der Waals surface area contributed by atoms with Crippen LogP contribution in [0.25, 0.3) is 0 Å². The van der Waals surface area contributed by atoms with Crippen LogP contribution in [0, 0.1) is 5.92 Å². The van der Waals surface area contributed by atoms with Crippen molar-refractivity contribution in [2.45, 2.75) is 77.4 Å². The molecule has 1 unspecified atom stereocenters. The van der Waals surface area contributed by atoms with Crippen LogP contribution < -0.4 is 5.32 Å². The van der Waals surface area contributed by atoms with Crippen LogP contribution in [0.4, 0.5) is 0 Å². The minimum absolute atomic E-state index is 0.201. The number of aliphatic hydroxyl groups excluding tert-OH is 1. The largest absolute Gasteiger partial charge is 0.468 e. The van der Waals surface area contributed by atoms with Crippen molar-refractivity contribution in [3.05, 3.63) is 0 Å². The van der Waals surface area contributed by atoms with Crippen molar-refractivity contribution in [1.82, 2.24) is 5.32 Å². The molecule has 0 radical (unpaired) electrons. The molecule has 0 saturated heterocycles. The zero-order valence-corrected chi connectivity index (χ0v) is 13.4. The number of methoxy groups -OCH3 is 1. The molecule has 0 heterocycles. The summed E-state index contributed by atoms with van der Waals surface area (Å²) in [4.78, 5) is 11.9. The fourth-order valence-electron chi connectivity index (χ4n) is 2.70. The van der Waals surface area contributed by atoms with Gasteiger partial charge in [-0.25, -0.2) is 0 Å². The quantitative estimate of drug-likeness (QED) is 0.502. The standard InChI is InChI=1S/C15H29NO4/c1-6-8-9-14(3,4)20-13(18)16-15(12(17)19-5)10-11(15)7-2/h11,13,16,18H,6-10H2,1-5H3/t11-,13?,15-/m1/s1. The Hall–Kier alpha value is -0.650. The average molecular weight is 287 g/mol. The van der Waals surface area contributed by atoms with Crippen molar-refractivity contribution in [2.75, 3.05) is 7.11 Å². The van der Waals surface area contributed by atoms with Gasteiger partial charge in [-0.3, -0.25) is 10.1 Å². The van der Waals surface area contributed by atoms with Crippen LogP contribution in [0.15, 0.2) is 0 Å². The summed E-state index contributed by atoms with van der Waals surface area (Å²) in [6, 6.07) is 0. The van der Waals surface area contributed by atoms with Gasteiger partial charge in [0, 0.05) is 0 Å². The molecule has 1 aliphatic rings. The first-order chi connectivity index (χ1) is 9.31. The van der Waals surface area contributed by atoms with Crippen LogP contribution >= 0.6 is 0 Å². The zero-order valence-electron chi connectivity index (χ0n) is 13.4. The van der Waals surface area contributed by atoms with E-state index < -0.39 is 17.6 Å². The Morgan fingerprint density at radius 1 is 1.50 bits per heavy atom. The van der Waals surface area contributed by atoms with Crippen molar-refractivity contribution < 1.29 is 19.4 Å². The van der Waals surface area contributed by atoms with E-state index in [9.17, 15) is 9.90 Å². The molecule has 0 amide bonds. The highest BCUT2D eigenvalue weighted by Gasteiger charge is 2.61. The van der Waals surface area contributed by atoms with Crippen LogP contribution in [-0.2, 0) is 14.3 Å². The first-order valence-corrected chi connectivity index (χ1v) is 7.53. The number of hydrogen-bond acceptors (Lipinski definition) is 5. The van der Waals surface area contributed by atoms with Crippen molar-refractivity contribution in [3.8, 4) is 0 Å². The third kappa shape index (κ3) is 4.17. The van der Waals surface area contributed by atoms with E-state index in [4.69, 9.17) is 9.47 Å². The van der Waals surface area contributed by atoms with Gasteiger partial charge in [0.1, 0.15) is 5.54 Å². The molecule has 1 rings (SSSR count). The summed E-state index contributed by atoms with van der Waals surface area (Å²) in [6.07, 6.45) is 3.39. The zero-order chi connectivity index (χ0) is 15.4. The summed E-state index contributed by atoms with van der Waals surface area (Å²) in [6.45, 7) is 8.04. The number of esters is 1. The molecular formula is C15H29NO4. The molecule has 5 heteroatoms. The van der Waals surface area contributed by atoms with Gasteiger partial charge in [0.2, 0.25) is 6.41 Å². The summed E-state index contributed by atoms with van der Waals surface area (Å²) >= 11 is 0. The predicted octanol–water partition coefficient (Wildman–Crippen LogP) is 2.18. The van der Waals surface area contributed by atoms with Crippen molar-refractivity contribution in [3.63, 3.8) is 0 Å². The van der Waals surface area contributed by atoms with Crippen molar-refractivity contribution in [2.24, 2.45) is 5.92 Å². The van der Waals surface area contributed by atoms with Crippen molar-refractivity contribution >= 4 is 5.97 Å². The minimum atomic E-state index is -1.16. The number of unbranched alkanes of at least 4 members (excludes halogenated alkanes) is 1. The van der Waals surface area contributed by atoms with E-state index >= 15 is 0 Å². The topological polar surface area (TPSA) is 67.8 Å². The van der Waals surface area contributed by atoms with Crippen LogP contribution in [0.3, 0.4) is 0 Å². The Morgan fingerprint density at radius 2 is 2.15 bits per heavy atom. The summed E-state index contributed by atoms with van der Waals surface area (Å²) < 4.78 is 10.5. The van der Waals surface area contributed by atoms with E-state index in [0.717, 1.165) is 25.7 Å². The van der Waals surface area contributed by atoms with E-state index in [1.54, 1.807) is 0 Å². The summed E-state index contributed by atoms with van der Waals surface area (Å²) in [5.74, 6) is -0.120. The molecule has 1 fully saturated rings. The minimum Gasteiger partial charge on any atom is -0.468 e. The monoisotopic (exact) mass is 287 g/mol. The Kier molecular flexibility index (Phi) is 5.98. The second-order valence-electron chi connectivity index (χ2n) is 6.25. The molecule has 0 spiro atoms. The normalized spacial score (nSPS) is 27.2. The second-order valence-corrected chi connectivity index (χ2v) is 6.25. The van der Waals surface area contributed by atoms with E-state index in [1.807, 2.05) is 20.8 Å². The van der Waals surface area contributed by atoms with Gasteiger partial charge in [0.15, 0.2) is 0 Å². The maximum atomic E-state index is 11.9. The van der Waals surface area contributed by atoms with Gasteiger partial charge in [-0.1, -0.05) is 33.1 Å². The summed E-state index contributed by atoms with van der Waals surface area (Å²) in [7, 11) is 1.37. The van der Waals surface area contributed by atoms with Crippen LogP contribution in [0.1, 0.15) is 59.8 Å². The van der Waals surface area contributed by atoms with Gasteiger partial charge >= 0.3 is 5.97 Å². The van der Waals surface area contributed by atoms with Gasteiger partial charge in [-0.05, 0) is 32.6 Å². The SMILES string of the molecule is CCCCC(C)(C)OC(O)N[C@]1(C(=O)OC)C[C@H]1CC. The fraction of sp³-hybridized carbons (Fsp3) is 0.933. The van der Waals surface area contributed by atoms with Gasteiger partial charge < -0.3 is 14.6 Å². The molecule has 2 N–H and O–H groups in total. The Bertz CT molecular complexity index is 332. The highest BCUT2D eigenvalue weighted by atomic mass is 16.6. The highest BCUT2D eigenvalue weighted by Crippen LogP contribution is 2.47. The lowest BCUT2D eigenvalue weighted by atomic mass is 10.0. The summed E-state index contributed by atoms with van der Waals surface area (Å²) in [5.41, 5.74) is -1.19. The van der Waals surface area contributed by atoms with Gasteiger partial charge in [0.05, 0.1) is 12.7 Å². The molecule has 0 aromatic carbocycles. The molecular weight excluding hydrogens is 258 g/mol. The maximum absolute atomic E-state index is 11.9. The average Bonchev–Trinajstić information content (AvgIpc) is 3.09. The predicted molar refractivity (Wildman–Crippen MR) is 77.0 cm³/mol. The molecule has 0 aromatic rings. The molecule has 20 heavy (non-hydrogen) atoms. The third-order valence-electron chi connectivity index (χ3n) is 4.09. The first kappa shape index (κ1) is 17.4. The van der Waals surface area contributed by atoms with Crippen LogP contribution in [-0.4, -0.2) is 35.7 Å². The molecule has 118 valence electrons. The number of carbonyl (C=O) groups is 1. The number of ether oxygens (including phenoxy) is 2.